The van der Waals surface area contributed by atoms with E-state index in [1.54, 1.807) is 38.1 Å². The molecule has 1 N–H and O–H groups in total. The van der Waals surface area contributed by atoms with E-state index in [0.717, 1.165) is 0 Å². The van der Waals surface area contributed by atoms with Crippen LogP contribution in [0.4, 0.5) is 0 Å². The molecule has 146 valence electrons. The number of carbonyl (C=O) groups is 2. The van der Waals surface area contributed by atoms with Crippen LogP contribution < -0.4 is 5.32 Å². The maximum absolute atomic E-state index is 12.8. The Hall–Kier alpha value is -2.31. The fourth-order valence-electron chi connectivity index (χ4n) is 3.07. The first-order valence-electron chi connectivity index (χ1n) is 8.74. The van der Waals surface area contributed by atoms with Crippen LogP contribution in [0.2, 0.25) is 5.02 Å². The zero-order valence-corrected chi connectivity index (χ0v) is 16.7. The monoisotopic (exact) mass is 393 g/mol. The lowest BCUT2D eigenvalue weighted by Crippen LogP contribution is -2.34. The number of rotatable bonds is 7. The Bertz CT molecular complexity index is 784. The summed E-state index contributed by atoms with van der Waals surface area (Å²) in [6.45, 7) is 6.20. The molecule has 27 heavy (non-hydrogen) atoms. The first-order valence-corrected chi connectivity index (χ1v) is 9.12. The molecule has 1 aromatic rings. The molecule has 1 aliphatic heterocycles. The lowest BCUT2D eigenvalue weighted by molar-refractivity contribution is -0.139. The van der Waals surface area contributed by atoms with Gasteiger partial charge < -0.3 is 19.5 Å². The summed E-state index contributed by atoms with van der Waals surface area (Å²) in [5.74, 6) is -1.79. The van der Waals surface area contributed by atoms with Gasteiger partial charge in [0.2, 0.25) is 0 Å². The van der Waals surface area contributed by atoms with Crippen LogP contribution in [0.25, 0.3) is 0 Å². The summed E-state index contributed by atoms with van der Waals surface area (Å²) >= 11 is 6.42. The summed E-state index contributed by atoms with van der Waals surface area (Å²) in [5, 5.41) is 3.56. The highest BCUT2D eigenvalue weighted by Gasteiger charge is 2.39. The number of nitrogens with one attached hydrogen (secondary N) is 1. The molecule has 1 heterocycles. The second kappa shape index (κ2) is 9.58. The standard InChI is InChI=1S/C20H24ClNO5/c1-5-26-11-15-18(20(24)27-6-2)17(13-9-7-8-10-14(13)21)16(12(3)22-15)19(23)25-4/h7-10,17,22H,5-6,11H2,1-4H3. The third kappa shape index (κ3) is 4.51. The van der Waals surface area contributed by atoms with Gasteiger partial charge in [0.25, 0.3) is 0 Å². The Morgan fingerprint density at radius 1 is 1.11 bits per heavy atom. The largest absolute Gasteiger partial charge is 0.466 e. The smallest absolute Gasteiger partial charge is 0.336 e. The van der Waals surface area contributed by atoms with E-state index in [9.17, 15) is 9.59 Å². The molecule has 0 aromatic heterocycles. The van der Waals surface area contributed by atoms with Crippen LogP contribution in [0.5, 0.6) is 0 Å². The van der Waals surface area contributed by atoms with Crippen molar-refractivity contribution in [3.8, 4) is 0 Å². The minimum absolute atomic E-state index is 0.178. The number of dihydropyridines is 1. The average Bonchev–Trinajstić information content (AvgIpc) is 2.65. The molecule has 0 radical (unpaired) electrons. The molecule has 0 aliphatic carbocycles. The molecule has 7 heteroatoms. The van der Waals surface area contributed by atoms with Gasteiger partial charge in [0.15, 0.2) is 0 Å². The molecule has 1 unspecified atom stereocenters. The molecule has 1 aromatic carbocycles. The minimum Gasteiger partial charge on any atom is -0.466 e. The SMILES string of the molecule is CCOCC1=C(C(=O)OCC)C(c2ccccc2Cl)C(C(=O)OC)=C(C)N1. The molecule has 0 saturated heterocycles. The summed E-state index contributed by atoms with van der Waals surface area (Å²) in [4.78, 5) is 25.4. The predicted octanol–water partition coefficient (Wildman–Crippen LogP) is 3.33. The number of allylic oxidation sites excluding steroid dienone is 1. The third-order valence-electron chi connectivity index (χ3n) is 4.21. The highest BCUT2D eigenvalue weighted by molar-refractivity contribution is 6.31. The second-order valence-electron chi connectivity index (χ2n) is 5.86. The zero-order valence-electron chi connectivity index (χ0n) is 15.9. The van der Waals surface area contributed by atoms with E-state index in [2.05, 4.69) is 5.32 Å². The number of hydrogen-bond donors (Lipinski definition) is 1. The van der Waals surface area contributed by atoms with Crippen molar-refractivity contribution in [1.82, 2.24) is 5.32 Å². The van der Waals surface area contributed by atoms with Gasteiger partial charge >= 0.3 is 11.9 Å². The lowest BCUT2D eigenvalue weighted by atomic mass is 9.80. The molecule has 0 saturated carbocycles. The van der Waals surface area contributed by atoms with Crippen LogP contribution in [0.3, 0.4) is 0 Å². The molecule has 0 spiro atoms. The molecular formula is C20H24ClNO5. The Labute approximate surface area is 164 Å². The number of methoxy groups -OCH3 is 1. The molecular weight excluding hydrogens is 370 g/mol. The normalized spacial score (nSPS) is 16.9. The van der Waals surface area contributed by atoms with Crippen molar-refractivity contribution < 1.29 is 23.8 Å². The number of benzene rings is 1. The quantitative estimate of drug-likeness (QED) is 0.716. The summed E-state index contributed by atoms with van der Waals surface area (Å²) in [7, 11) is 1.30. The highest BCUT2D eigenvalue weighted by Crippen LogP contribution is 2.41. The summed E-state index contributed by atoms with van der Waals surface area (Å²) in [6.07, 6.45) is 0. The number of halogens is 1. The minimum atomic E-state index is -0.720. The Balaban J connectivity index is 2.72. The Morgan fingerprint density at radius 2 is 1.81 bits per heavy atom. The van der Waals surface area contributed by atoms with E-state index in [4.69, 9.17) is 25.8 Å². The van der Waals surface area contributed by atoms with Crippen molar-refractivity contribution in [2.45, 2.75) is 26.7 Å². The molecule has 1 atom stereocenters. The van der Waals surface area contributed by atoms with Gasteiger partial charge in [0.1, 0.15) is 0 Å². The van der Waals surface area contributed by atoms with E-state index in [1.807, 2.05) is 6.92 Å². The topological polar surface area (TPSA) is 73.9 Å². The van der Waals surface area contributed by atoms with Gasteiger partial charge in [0.05, 0.1) is 43.1 Å². The fraction of sp³-hybridized carbons (Fsp3) is 0.400. The summed E-state index contributed by atoms with van der Waals surface area (Å²) in [6, 6.07) is 7.09. The van der Waals surface area contributed by atoms with E-state index in [1.165, 1.54) is 7.11 Å². The van der Waals surface area contributed by atoms with Gasteiger partial charge in [-0.2, -0.15) is 0 Å². The third-order valence-corrected chi connectivity index (χ3v) is 4.56. The molecule has 0 bridgehead atoms. The molecule has 2 rings (SSSR count). The fourth-order valence-corrected chi connectivity index (χ4v) is 3.31. The van der Waals surface area contributed by atoms with Gasteiger partial charge in [-0.05, 0) is 32.4 Å². The Kier molecular flexibility index (Phi) is 7.45. The van der Waals surface area contributed by atoms with Crippen LogP contribution in [-0.4, -0.2) is 38.9 Å². The van der Waals surface area contributed by atoms with Crippen LogP contribution in [0.1, 0.15) is 32.3 Å². The van der Waals surface area contributed by atoms with Crippen LogP contribution in [0, 0.1) is 0 Å². The van der Waals surface area contributed by atoms with Crippen molar-refractivity contribution in [2.75, 3.05) is 26.9 Å². The number of carbonyl (C=O) groups excluding carboxylic acids is 2. The Morgan fingerprint density at radius 3 is 2.41 bits per heavy atom. The molecule has 0 fully saturated rings. The van der Waals surface area contributed by atoms with Crippen molar-refractivity contribution in [3.63, 3.8) is 0 Å². The van der Waals surface area contributed by atoms with Crippen molar-refractivity contribution in [3.05, 3.63) is 57.4 Å². The molecule has 6 nitrogen and oxygen atoms in total. The van der Waals surface area contributed by atoms with Gasteiger partial charge in [-0.1, -0.05) is 29.8 Å². The van der Waals surface area contributed by atoms with Gasteiger partial charge in [-0.15, -0.1) is 0 Å². The first-order chi connectivity index (χ1) is 13.0. The molecule has 1 aliphatic rings. The maximum Gasteiger partial charge on any atom is 0.336 e. The van der Waals surface area contributed by atoms with Crippen molar-refractivity contribution in [2.24, 2.45) is 0 Å². The zero-order chi connectivity index (χ0) is 20.0. The van der Waals surface area contributed by atoms with Gasteiger partial charge in [-0.3, -0.25) is 0 Å². The van der Waals surface area contributed by atoms with Crippen LogP contribution in [0.15, 0.2) is 46.8 Å². The maximum atomic E-state index is 12.8. The summed E-state index contributed by atoms with van der Waals surface area (Å²) in [5.41, 5.74) is 2.36. The highest BCUT2D eigenvalue weighted by atomic mass is 35.5. The van der Waals surface area contributed by atoms with Crippen molar-refractivity contribution >= 4 is 23.5 Å². The summed E-state index contributed by atoms with van der Waals surface area (Å²) < 4.78 is 15.8. The second-order valence-corrected chi connectivity index (χ2v) is 6.27. The number of ether oxygens (including phenoxy) is 3. The molecule has 0 amide bonds. The lowest BCUT2D eigenvalue weighted by Gasteiger charge is -2.31. The average molecular weight is 394 g/mol. The van der Waals surface area contributed by atoms with Crippen LogP contribution in [-0.2, 0) is 23.8 Å². The van der Waals surface area contributed by atoms with Gasteiger partial charge in [0, 0.05) is 17.3 Å². The van der Waals surface area contributed by atoms with E-state index < -0.39 is 17.9 Å². The number of hydrogen-bond acceptors (Lipinski definition) is 6. The predicted molar refractivity (Wildman–Crippen MR) is 102 cm³/mol. The van der Waals surface area contributed by atoms with Gasteiger partial charge in [-0.25, -0.2) is 9.59 Å². The number of esters is 2. The van der Waals surface area contributed by atoms with Crippen molar-refractivity contribution in [1.29, 1.82) is 0 Å². The first kappa shape index (κ1) is 21.0. The van der Waals surface area contributed by atoms with E-state index in [-0.39, 0.29) is 13.2 Å². The van der Waals surface area contributed by atoms with E-state index >= 15 is 0 Å². The van der Waals surface area contributed by atoms with E-state index in [0.29, 0.717) is 39.7 Å². The van der Waals surface area contributed by atoms with Crippen LogP contribution >= 0.6 is 11.6 Å².